The Kier molecular flexibility index (Phi) is 4.40. The molecule has 17 heavy (non-hydrogen) atoms. The van der Waals surface area contributed by atoms with E-state index in [1.807, 2.05) is 0 Å². The molecule has 9 heteroatoms. The summed E-state index contributed by atoms with van der Waals surface area (Å²) in [4.78, 5) is 25.6. The van der Waals surface area contributed by atoms with Gasteiger partial charge in [0.25, 0.3) is 0 Å². The van der Waals surface area contributed by atoms with Gasteiger partial charge in [0.2, 0.25) is 6.39 Å². The molecule has 1 rings (SSSR count). The number of carbonyl (C=O) groups is 2. The number of hydrogen-bond donors (Lipinski definition) is 4. The highest BCUT2D eigenvalue weighted by Crippen LogP contribution is 1.93. The van der Waals surface area contributed by atoms with Crippen LogP contribution in [0.4, 0.5) is 4.79 Å². The fourth-order valence-electron chi connectivity index (χ4n) is 1.01. The average Bonchev–Trinajstić information content (AvgIpc) is 2.74. The monoisotopic (exact) mass is 244 g/mol. The van der Waals surface area contributed by atoms with Crippen LogP contribution in [-0.2, 0) is 11.3 Å². The first-order valence-corrected chi connectivity index (χ1v) is 4.71. The van der Waals surface area contributed by atoms with Crippen molar-refractivity contribution in [1.82, 2.24) is 20.8 Å². The van der Waals surface area contributed by atoms with E-state index >= 15 is 0 Å². The Bertz CT molecular complexity index is 377. The van der Waals surface area contributed by atoms with Crippen LogP contribution in [-0.4, -0.2) is 44.5 Å². The summed E-state index contributed by atoms with van der Waals surface area (Å²) in [5.74, 6) is -1.07. The van der Waals surface area contributed by atoms with E-state index in [-0.39, 0.29) is 12.4 Å². The molecule has 1 aromatic rings. The molecule has 0 spiro atoms. The van der Waals surface area contributed by atoms with Crippen LogP contribution in [0.5, 0.6) is 0 Å². The molecule has 0 fully saturated rings. The molecule has 94 valence electrons. The van der Waals surface area contributed by atoms with Crippen molar-refractivity contribution in [2.45, 2.75) is 25.6 Å². The normalized spacial score (nSPS) is 13.8. The van der Waals surface area contributed by atoms with Gasteiger partial charge in [-0.25, -0.2) is 9.59 Å². The van der Waals surface area contributed by atoms with Crippen molar-refractivity contribution in [2.24, 2.45) is 0 Å². The number of rotatable bonds is 5. The first kappa shape index (κ1) is 12.9. The lowest BCUT2D eigenvalue weighted by Gasteiger charge is -2.16. The van der Waals surface area contributed by atoms with Crippen molar-refractivity contribution in [2.75, 3.05) is 0 Å². The molecule has 9 nitrogen and oxygen atoms in total. The number of aromatic nitrogens is 2. The molecule has 4 N–H and O–H groups in total. The van der Waals surface area contributed by atoms with Crippen LogP contribution in [0.3, 0.4) is 0 Å². The number of hydrogen-bond acceptors (Lipinski definition) is 6. The molecule has 0 aliphatic carbocycles. The maximum atomic E-state index is 11.3. The van der Waals surface area contributed by atoms with Gasteiger partial charge in [-0.3, -0.25) is 0 Å². The van der Waals surface area contributed by atoms with E-state index in [0.717, 1.165) is 6.39 Å². The summed E-state index contributed by atoms with van der Waals surface area (Å²) in [6, 6.07) is -2.12. The highest BCUT2D eigenvalue weighted by molar-refractivity contribution is 5.82. The van der Waals surface area contributed by atoms with Gasteiger partial charge in [-0.2, -0.15) is 4.98 Å². The minimum atomic E-state index is -1.37. The predicted molar refractivity (Wildman–Crippen MR) is 52.8 cm³/mol. The molecule has 0 saturated carbocycles. The Labute approximate surface area is 95.8 Å². The molecule has 0 saturated heterocycles. The van der Waals surface area contributed by atoms with E-state index in [4.69, 9.17) is 10.2 Å². The zero-order valence-corrected chi connectivity index (χ0v) is 8.95. The molecule has 1 aromatic heterocycles. The maximum Gasteiger partial charge on any atom is 0.328 e. The second-order valence-corrected chi connectivity index (χ2v) is 3.23. The van der Waals surface area contributed by atoms with Crippen LogP contribution in [0.2, 0.25) is 0 Å². The summed E-state index contributed by atoms with van der Waals surface area (Å²) >= 11 is 0. The van der Waals surface area contributed by atoms with Gasteiger partial charge < -0.3 is 25.4 Å². The molecular formula is C8H12N4O5. The third kappa shape index (κ3) is 4.07. The van der Waals surface area contributed by atoms with Gasteiger partial charge in [0.15, 0.2) is 11.9 Å². The van der Waals surface area contributed by atoms with Crippen LogP contribution in [0.25, 0.3) is 0 Å². The largest absolute Gasteiger partial charge is 0.480 e. The Morgan fingerprint density at radius 3 is 2.76 bits per heavy atom. The third-order valence-corrected chi connectivity index (χ3v) is 1.85. The predicted octanol–water partition coefficient (Wildman–Crippen LogP) is -1.30. The third-order valence-electron chi connectivity index (χ3n) is 1.85. The van der Waals surface area contributed by atoms with Crippen LogP contribution in [0.1, 0.15) is 12.7 Å². The van der Waals surface area contributed by atoms with Gasteiger partial charge in [0, 0.05) is 0 Å². The van der Waals surface area contributed by atoms with E-state index in [1.54, 1.807) is 0 Å². The number of aliphatic hydroxyl groups is 1. The number of urea groups is 1. The number of nitrogens with one attached hydrogen (secondary N) is 2. The van der Waals surface area contributed by atoms with Gasteiger partial charge in [0.05, 0.1) is 12.6 Å². The molecule has 2 atom stereocenters. The van der Waals surface area contributed by atoms with Crippen LogP contribution >= 0.6 is 0 Å². The fraction of sp³-hybridized carbons (Fsp3) is 0.500. The molecule has 2 amide bonds. The maximum absolute atomic E-state index is 11.3. The number of nitrogens with zero attached hydrogens (tertiary/aromatic N) is 2. The number of aliphatic hydroxyl groups excluding tert-OH is 1. The molecular weight excluding hydrogens is 232 g/mol. The number of carbonyl (C=O) groups excluding carboxylic acids is 1. The lowest BCUT2D eigenvalue weighted by molar-refractivity contribution is -0.141. The summed E-state index contributed by atoms with van der Waals surface area (Å²) in [5, 5.41) is 25.7. The molecule has 0 aliphatic rings. The van der Waals surface area contributed by atoms with Crippen LogP contribution < -0.4 is 10.6 Å². The van der Waals surface area contributed by atoms with Crippen molar-refractivity contribution < 1.29 is 24.3 Å². The van der Waals surface area contributed by atoms with Crippen molar-refractivity contribution in [3.8, 4) is 0 Å². The number of carboxylic acids is 1. The second kappa shape index (κ2) is 5.80. The minimum Gasteiger partial charge on any atom is -0.480 e. The van der Waals surface area contributed by atoms with Crippen molar-refractivity contribution in [1.29, 1.82) is 0 Å². The smallest absolute Gasteiger partial charge is 0.328 e. The lowest BCUT2D eigenvalue weighted by atomic mass is 10.2. The van der Waals surface area contributed by atoms with Gasteiger partial charge in [-0.1, -0.05) is 5.16 Å². The fourth-order valence-corrected chi connectivity index (χ4v) is 1.01. The number of amides is 2. The Balaban J connectivity index is 2.40. The number of aliphatic carboxylic acids is 1. The highest BCUT2D eigenvalue weighted by Gasteiger charge is 2.24. The molecule has 0 radical (unpaired) electrons. The Hall–Kier alpha value is -2.16. The van der Waals surface area contributed by atoms with E-state index in [1.165, 1.54) is 6.92 Å². The SMILES string of the molecule is CC(O)C(NC(=O)NCc1ncon1)C(=O)O. The van der Waals surface area contributed by atoms with E-state index in [2.05, 4.69) is 25.3 Å². The first-order valence-electron chi connectivity index (χ1n) is 4.71. The summed E-state index contributed by atoms with van der Waals surface area (Å²) < 4.78 is 4.44. The van der Waals surface area contributed by atoms with E-state index in [0.29, 0.717) is 0 Å². The van der Waals surface area contributed by atoms with Crippen molar-refractivity contribution >= 4 is 12.0 Å². The first-order chi connectivity index (χ1) is 8.00. The quantitative estimate of drug-likeness (QED) is 0.505. The zero-order valence-electron chi connectivity index (χ0n) is 8.95. The summed E-state index contributed by atoms with van der Waals surface area (Å²) in [6.45, 7) is 1.26. The van der Waals surface area contributed by atoms with E-state index < -0.39 is 24.1 Å². The summed E-state index contributed by atoms with van der Waals surface area (Å²) in [7, 11) is 0. The molecule has 0 bridgehead atoms. The van der Waals surface area contributed by atoms with Crippen molar-refractivity contribution in [3.63, 3.8) is 0 Å². The summed E-state index contributed by atoms with van der Waals surface area (Å²) in [6.07, 6.45) is -0.103. The van der Waals surface area contributed by atoms with Crippen molar-refractivity contribution in [3.05, 3.63) is 12.2 Å². The van der Waals surface area contributed by atoms with Gasteiger partial charge in [0.1, 0.15) is 0 Å². The molecule has 0 aliphatic heterocycles. The topological polar surface area (TPSA) is 138 Å². The second-order valence-electron chi connectivity index (χ2n) is 3.23. The van der Waals surface area contributed by atoms with Gasteiger partial charge in [-0.15, -0.1) is 0 Å². The highest BCUT2D eigenvalue weighted by atomic mass is 16.5. The molecule has 0 aromatic carbocycles. The van der Waals surface area contributed by atoms with Gasteiger partial charge >= 0.3 is 12.0 Å². The van der Waals surface area contributed by atoms with E-state index in [9.17, 15) is 9.59 Å². The standard InChI is InChI=1S/C8H12N4O5/c1-4(13)6(7(14)15)11-8(16)9-2-5-10-3-17-12-5/h3-4,6,13H,2H2,1H3,(H,14,15)(H2,9,11,16). The van der Waals surface area contributed by atoms with Crippen LogP contribution in [0, 0.1) is 0 Å². The Morgan fingerprint density at radius 1 is 1.59 bits per heavy atom. The number of carboxylic acid groups (broad SMARTS) is 1. The minimum absolute atomic E-state index is 0.00547. The van der Waals surface area contributed by atoms with Gasteiger partial charge in [-0.05, 0) is 6.92 Å². The zero-order chi connectivity index (χ0) is 12.8. The lowest BCUT2D eigenvalue weighted by Crippen LogP contribution is -2.51. The Morgan fingerprint density at radius 2 is 2.29 bits per heavy atom. The average molecular weight is 244 g/mol. The molecule has 1 heterocycles. The summed E-state index contributed by atoms with van der Waals surface area (Å²) in [5.41, 5.74) is 0. The van der Waals surface area contributed by atoms with Crippen LogP contribution in [0.15, 0.2) is 10.9 Å². The molecule has 2 unspecified atom stereocenters.